The molecular formula is C23H26N2O5. The molecule has 0 spiro atoms. The van der Waals surface area contributed by atoms with E-state index in [2.05, 4.69) is 10.6 Å². The van der Waals surface area contributed by atoms with Crippen LogP contribution in [-0.2, 0) is 9.53 Å². The molecule has 1 aliphatic rings. The van der Waals surface area contributed by atoms with Crippen molar-refractivity contribution in [3.63, 3.8) is 0 Å². The van der Waals surface area contributed by atoms with Crippen LogP contribution >= 0.6 is 0 Å². The highest BCUT2D eigenvalue weighted by Crippen LogP contribution is 2.33. The average molecular weight is 410 g/mol. The summed E-state index contributed by atoms with van der Waals surface area (Å²) in [6.07, 6.45) is -0.305. The summed E-state index contributed by atoms with van der Waals surface area (Å²) in [4.78, 5) is 25.5. The number of hydrogen-bond donors (Lipinski definition) is 2. The number of carbonyl (C=O) groups excluding carboxylic acids is 2. The second-order valence-corrected chi connectivity index (χ2v) is 7.00. The van der Waals surface area contributed by atoms with Crippen molar-refractivity contribution in [2.75, 3.05) is 13.7 Å². The maximum Gasteiger partial charge on any atom is 0.338 e. The van der Waals surface area contributed by atoms with E-state index in [4.69, 9.17) is 14.2 Å². The molecular weight excluding hydrogens is 384 g/mol. The second kappa shape index (κ2) is 9.35. The van der Waals surface area contributed by atoms with Gasteiger partial charge in [0.25, 0.3) is 0 Å². The number of benzene rings is 2. The summed E-state index contributed by atoms with van der Waals surface area (Å²) in [5.74, 6) is 0.892. The molecule has 7 heteroatoms. The third-order valence-corrected chi connectivity index (χ3v) is 4.54. The Hall–Kier alpha value is -3.48. The molecule has 0 aromatic heterocycles. The first-order valence-corrected chi connectivity index (χ1v) is 9.82. The minimum absolute atomic E-state index is 0.305. The highest BCUT2D eigenvalue weighted by molar-refractivity contribution is 6.04. The Balaban J connectivity index is 2.10. The van der Waals surface area contributed by atoms with Crippen LogP contribution in [0, 0.1) is 0 Å². The van der Waals surface area contributed by atoms with Gasteiger partial charge in [0.15, 0.2) is 0 Å². The SMILES string of the molecule is CCOc1ccc(C2NC(=O)NC(c3ccc(OC)cc3)=C2C(=O)OC(C)C)cc1. The molecule has 2 aromatic carbocycles. The third-order valence-electron chi connectivity index (χ3n) is 4.54. The fourth-order valence-corrected chi connectivity index (χ4v) is 3.22. The number of amides is 2. The van der Waals surface area contributed by atoms with Gasteiger partial charge in [0.1, 0.15) is 11.5 Å². The zero-order valence-electron chi connectivity index (χ0n) is 17.5. The molecule has 0 radical (unpaired) electrons. The maximum atomic E-state index is 13.1. The first kappa shape index (κ1) is 21.2. The van der Waals surface area contributed by atoms with E-state index in [1.807, 2.05) is 31.2 Å². The van der Waals surface area contributed by atoms with Gasteiger partial charge < -0.3 is 24.8 Å². The number of carbonyl (C=O) groups is 2. The van der Waals surface area contributed by atoms with Gasteiger partial charge in [-0.3, -0.25) is 0 Å². The van der Waals surface area contributed by atoms with Crippen molar-refractivity contribution in [3.05, 3.63) is 65.2 Å². The molecule has 0 aliphatic carbocycles. The van der Waals surface area contributed by atoms with Crippen molar-refractivity contribution in [3.8, 4) is 11.5 Å². The Morgan fingerprint density at radius 1 is 1.03 bits per heavy atom. The Morgan fingerprint density at radius 2 is 1.67 bits per heavy atom. The lowest BCUT2D eigenvalue weighted by atomic mass is 9.92. The van der Waals surface area contributed by atoms with Crippen LogP contribution < -0.4 is 20.1 Å². The summed E-state index contributed by atoms with van der Waals surface area (Å²) < 4.78 is 16.2. The number of rotatable bonds is 7. The van der Waals surface area contributed by atoms with E-state index in [0.29, 0.717) is 34.9 Å². The van der Waals surface area contributed by atoms with Gasteiger partial charge in [0.2, 0.25) is 0 Å². The lowest BCUT2D eigenvalue weighted by Crippen LogP contribution is -2.45. The standard InChI is InChI=1S/C23H26N2O5/c1-5-29-18-12-8-16(9-13-18)21-19(22(26)30-14(2)3)20(24-23(27)25-21)15-6-10-17(28-4)11-7-15/h6-14,21H,5H2,1-4H3,(H2,24,25,27). The van der Waals surface area contributed by atoms with E-state index in [0.717, 1.165) is 5.56 Å². The van der Waals surface area contributed by atoms with Crippen LogP contribution in [-0.4, -0.2) is 31.8 Å². The van der Waals surface area contributed by atoms with Crippen molar-refractivity contribution in [1.29, 1.82) is 0 Å². The summed E-state index contributed by atoms with van der Waals surface area (Å²) in [5, 5.41) is 5.61. The number of hydrogen-bond acceptors (Lipinski definition) is 5. The van der Waals surface area contributed by atoms with Crippen molar-refractivity contribution in [2.24, 2.45) is 0 Å². The molecule has 7 nitrogen and oxygen atoms in total. The predicted molar refractivity (Wildman–Crippen MR) is 113 cm³/mol. The zero-order chi connectivity index (χ0) is 21.7. The van der Waals surface area contributed by atoms with Crippen LogP contribution in [0.4, 0.5) is 4.79 Å². The van der Waals surface area contributed by atoms with Crippen LogP contribution in [0.25, 0.3) is 5.70 Å². The fraction of sp³-hybridized carbons (Fsp3) is 0.304. The number of nitrogens with one attached hydrogen (secondary N) is 2. The van der Waals surface area contributed by atoms with E-state index < -0.39 is 18.0 Å². The lowest BCUT2D eigenvalue weighted by Gasteiger charge is -2.30. The summed E-state index contributed by atoms with van der Waals surface area (Å²) >= 11 is 0. The quantitative estimate of drug-likeness (QED) is 0.678. The molecule has 3 rings (SSSR count). The largest absolute Gasteiger partial charge is 0.497 e. The third kappa shape index (κ3) is 4.74. The fourth-order valence-electron chi connectivity index (χ4n) is 3.22. The molecule has 2 N–H and O–H groups in total. The predicted octanol–water partition coefficient (Wildman–Crippen LogP) is 3.81. The molecule has 0 fully saturated rings. The second-order valence-electron chi connectivity index (χ2n) is 7.00. The Labute approximate surface area is 176 Å². The molecule has 2 amide bonds. The lowest BCUT2D eigenvalue weighted by molar-refractivity contribution is -0.143. The van der Waals surface area contributed by atoms with Crippen LogP contribution in [0.2, 0.25) is 0 Å². The minimum atomic E-state index is -0.669. The van der Waals surface area contributed by atoms with Gasteiger partial charge in [0.05, 0.1) is 37.1 Å². The Morgan fingerprint density at radius 3 is 2.23 bits per heavy atom. The van der Waals surface area contributed by atoms with Crippen molar-refractivity contribution in [1.82, 2.24) is 10.6 Å². The summed E-state index contributed by atoms with van der Waals surface area (Å²) in [5.41, 5.74) is 2.16. The number of urea groups is 1. The first-order valence-electron chi connectivity index (χ1n) is 9.82. The van der Waals surface area contributed by atoms with E-state index >= 15 is 0 Å². The van der Waals surface area contributed by atoms with E-state index in [1.165, 1.54) is 0 Å². The van der Waals surface area contributed by atoms with Gasteiger partial charge in [-0.1, -0.05) is 12.1 Å². The van der Waals surface area contributed by atoms with Gasteiger partial charge in [0, 0.05) is 0 Å². The average Bonchev–Trinajstić information content (AvgIpc) is 2.73. The molecule has 158 valence electrons. The van der Waals surface area contributed by atoms with Crippen LogP contribution in [0.3, 0.4) is 0 Å². The molecule has 1 aliphatic heterocycles. The molecule has 1 heterocycles. The van der Waals surface area contributed by atoms with Gasteiger partial charge in [-0.25, -0.2) is 9.59 Å². The molecule has 1 atom stereocenters. The smallest absolute Gasteiger partial charge is 0.338 e. The van der Waals surface area contributed by atoms with Crippen molar-refractivity contribution < 1.29 is 23.8 Å². The molecule has 0 bridgehead atoms. The summed E-state index contributed by atoms with van der Waals surface area (Å²) in [6, 6.07) is 13.3. The molecule has 1 unspecified atom stereocenters. The molecule has 2 aromatic rings. The minimum Gasteiger partial charge on any atom is -0.497 e. The topological polar surface area (TPSA) is 85.9 Å². The van der Waals surface area contributed by atoms with Gasteiger partial charge in [-0.05, 0) is 68.3 Å². The van der Waals surface area contributed by atoms with Crippen LogP contribution in [0.15, 0.2) is 54.1 Å². The Bertz CT molecular complexity index is 933. The highest BCUT2D eigenvalue weighted by Gasteiger charge is 2.34. The summed E-state index contributed by atoms with van der Waals surface area (Å²) in [7, 11) is 1.58. The number of esters is 1. The normalized spacial score (nSPS) is 16.0. The van der Waals surface area contributed by atoms with Crippen LogP contribution in [0.1, 0.15) is 37.9 Å². The van der Waals surface area contributed by atoms with E-state index in [9.17, 15) is 9.59 Å². The van der Waals surface area contributed by atoms with E-state index in [1.54, 1.807) is 45.2 Å². The zero-order valence-corrected chi connectivity index (χ0v) is 17.5. The monoisotopic (exact) mass is 410 g/mol. The van der Waals surface area contributed by atoms with Gasteiger partial charge in [-0.15, -0.1) is 0 Å². The molecule has 0 saturated heterocycles. The molecule has 0 saturated carbocycles. The van der Waals surface area contributed by atoms with Gasteiger partial charge in [-0.2, -0.15) is 0 Å². The highest BCUT2D eigenvalue weighted by atomic mass is 16.5. The van der Waals surface area contributed by atoms with Crippen LogP contribution in [0.5, 0.6) is 11.5 Å². The van der Waals surface area contributed by atoms with Crippen molar-refractivity contribution in [2.45, 2.75) is 32.9 Å². The van der Waals surface area contributed by atoms with E-state index in [-0.39, 0.29) is 6.10 Å². The molecule has 30 heavy (non-hydrogen) atoms. The first-order chi connectivity index (χ1) is 14.4. The maximum absolute atomic E-state index is 13.1. The number of methoxy groups -OCH3 is 1. The summed E-state index contributed by atoms with van der Waals surface area (Å²) in [6.45, 7) is 6.03. The van der Waals surface area contributed by atoms with Crippen molar-refractivity contribution >= 4 is 17.7 Å². The Kier molecular flexibility index (Phi) is 6.61. The number of ether oxygens (including phenoxy) is 3. The van der Waals surface area contributed by atoms with Gasteiger partial charge >= 0.3 is 12.0 Å².